The zero-order valence-corrected chi connectivity index (χ0v) is 17.1. The molecular formula is C19H27N3O4S. The topological polar surface area (TPSA) is 84.5 Å². The molecule has 2 aromatic heterocycles. The van der Waals surface area contributed by atoms with Crippen molar-refractivity contribution in [1.82, 2.24) is 14.2 Å². The molecule has 1 N–H and O–H groups in total. The number of carbonyl (C=O) groups is 1. The molecule has 1 aliphatic rings. The van der Waals surface area contributed by atoms with Crippen molar-refractivity contribution in [2.75, 3.05) is 13.1 Å². The average molecular weight is 394 g/mol. The summed E-state index contributed by atoms with van der Waals surface area (Å²) in [5.41, 5.74) is 1.43. The fourth-order valence-corrected chi connectivity index (χ4v) is 5.88. The van der Waals surface area contributed by atoms with E-state index in [0.717, 1.165) is 12.8 Å². The summed E-state index contributed by atoms with van der Waals surface area (Å²) >= 11 is 0. The van der Waals surface area contributed by atoms with Crippen LogP contribution in [-0.4, -0.2) is 36.3 Å². The Balaban J connectivity index is 1.91. The summed E-state index contributed by atoms with van der Waals surface area (Å²) in [7, 11) is -1.91. The molecule has 8 heteroatoms. The lowest BCUT2D eigenvalue weighted by Crippen LogP contribution is -2.39. The van der Waals surface area contributed by atoms with Gasteiger partial charge in [0.05, 0.1) is 12.8 Å². The highest BCUT2D eigenvalue weighted by Crippen LogP contribution is 2.31. The highest BCUT2D eigenvalue weighted by molar-refractivity contribution is 7.89. The Morgan fingerprint density at radius 3 is 2.74 bits per heavy atom. The smallest absolute Gasteiger partial charge is 0.268 e. The SMILES string of the molecule is Cc1c(S(=O)(=O)N2CCC[C@H](C)C2)c(C)n(C)c1C(=O)NCc1ccco1. The largest absolute Gasteiger partial charge is 0.467 e. The van der Waals surface area contributed by atoms with Gasteiger partial charge in [-0.05, 0) is 44.7 Å². The van der Waals surface area contributed by atoms with Crippen LogP contribution in [0, 0.1) is 19.8 Å². The lowest BCUT2D eigenvalue weighted by atomic mass is 10.0. The fourth-order valence-electron chi connectivity index (χ4n) is 3.81. The first-order valence-electron chi connectivity index (χ1n) is 9.20. The molecule has 3 heterocycles. The zero-order chi connectivity index (χ0) is 19.8. The van der Waals surface area contributed by atoms with Crippen LogP contribution in [-0.2, 0) is 23.6 Å². The summed E-state index contributed by atoms with van der Waals surface area (Å²) in [6.07, 6.45) is 3.45. The number of carbonyl (C=O) groups excluding carboxylic acids is 1. The van der Waals surface area contributed by atoms with Crippen molar-refractivity contribution < 1.29 is 17.6 Å². The minimum absolute atomic E-state index is 0.251. The summed E-state index contributed by atoms with van der Waals surface area (Å²) in [5.74, 6) is 0.666. The summed E-state index contributed by atoms with van der Waals surface area (Å²) in [6.45, 7) is 6.82. The molecule has 1 aliphatic heterocycles. The molecule has 7 nitrogen and oxygen atoms in total. The lowest BCUT2D eigenvalue weighted by molar-refractivity contribution is 0.0939. The minimum atomic E-state index is -3.64. The van der Waals surface area contributed by atoms with E-state index in [-0.39, 0.29) is 17.3 Å². The van der Waals surface area contributed by atoms with E-state index in [0.29, 0.717) is 41.7 Å². The first-order valence-corrected chi connectivity index (χ1v) is 10.6. The molecule has 0 radical (unpaired) electrons. The molecule has 0 aromatic carbocycles. The summed E-state index contributed by atoms with van der Waals surface area (Å²) in [6, 6.07) is 3.53. The van der Waals surface area contributed by atoms with Crippen LogP contribution in [0.2, 0.25) is 0 Å². The number of amides is 1. The number of rotatable bonds is 5. The second-order valence-electron chi connectivity index (χ2n) is 7.32. The number of furan rings is 1. The van der Waals surface area contributed by atoms with Gasteiger partial charge in [0, 0.05) is 31.4 Å². The molecule has 1 atom stereocenters. The molecule has 0 unspecified atom stereocenters. The Hall–Kier alpha value is -2.06. The van der Waals surface area contributed by atoms with Gasteiger partial charge in [-0.2, -0.15) is 4.31 Å². The van der Waals surface area contributed by atoms with Gasteiger partial charge in [-0.25, -0.2) is 8.42 Å². The Morgan fingerprint density at radius 2 is 2.11 bits per heavy atom. The molecule has 0 aliphatic carbocycles. The van der Waals surface area contributed by atoms with Crippen LogP contribution in [0.3, 0.4) is 0 Å². The normalized spacial score (nSPS) is 18.6. The van der Waals surface area contributed by atoms with Gasteiger partial charge in [0.1, 0.15) is 16.3 Å². The summed E-state index contributed by atoms with van der Waals surface area (Å²) in [4.78, 5) is 13.0. The number of sulfonamides is 1. The quantitative estimate of drug-likeness (QED) is 0.846. The highest BCUT2D eigenvalue weighted by Gasteiger charge is 2.35. The number of nitrogens with one attached hydrogen (secondary N) is 1. The van der Waals surface area contributed by atoms with Crippen LogP contribution >= 0.6 is 0 Å². The molecule has 2 aromatic rings. The van der Waals surface area contributed by atoms with Crippen molar-refractivity contribution in [1.29, 1.82) is 0 Å². The van der Waals surface area contributed by atoms with Crippen LogP contribution in [0.5, 0.6) is 0 Å². The number of aromatic nitrogens is 1. The van der Waals surface area contributed by atoms with Crippen molar-refractivity contribution in [3.05, 3.63) is 41.1 Å². The summed E-state index contributed by atoms with van der Waals surface area (Å²) in [5, 5.41) is 2.80. The molecule has 1 amide bonds. The van der Waals surface area contributed by atoms with Gasteiger partial charge in [-0.3, -0.25) is 4.79 Å². The van der Waals surface area contributed by atoms with Crippen molar-refractivity contribution in [3.8, 4) is 0 Å². The molecule has 0 bridgehead atoms. The molecule has 148 valence electrons. The predicted octanol–water partition coefficient (Wildman–Crippen LogP) is 2.59. The number of nitrogens with zero attached hydrogens (tertiary/aromatic N) is 2. The molecule has 0 spiro atoms. The number of piperidine rings is 1. The Kier molecular flexibility index (Phi) is 5.48. The van der Waals surface area contributed by atoms with Gasteiger partial charge in [0.15, 0.2) is 0 Å². The second-order valence-corrected chi connectivity index (χ2v) is 9.19. The van der Waals surface area contributed by atoms with E-state index in [2.05, 4.69) is 12.2 Å². The van der Waals surface area contributed by atoms with E-state index in [4.69, 9.17) is 4.42 Å². The first-order chi connectivity index (χ1) is 12.7. The third-order valence-electron chi connectivity index (χ3n) is 5.30. The Bertz CT molecular complexity index is 929. The van der Waals surface area contributed by atoms with Gasteiger partial charge in [0.25, 0.3) is 5.91 Å². The van der Waals surface area contributed by atoms with Crippen LogP contribution in [0.15, 0.2) is 27.7 Å². The van der Waals surface area contributed by atoms with Crippen LogP contribution in [0.25, 0.3) is 0 Å². The average Bonchev–Trinajstić information content (AvgIpc) is 3.20. The lowest BCUT2D eigenvalue weighted by Gasteiger charge is -2.30. The molecule has 3 rings (SSSR count). The third kappa shape index (κ3) is 3.68. The zero-order valence-electron chi connectivity index (χ0n) is 16.3. The van der Waals surface area contributed by atoms with Gasteiger partial charge in [-0.15, -0.1) is 0 Å². The first kappa shape index (κ1) is 19.7. The standard InChI is InChI=1S/C19H27N3O4S/c1-13-7-5-9-22(12-13)27(24,25)18-14(2)17(21(4)15(18)3)19(23)20-11-16-8-6-10-26-16/h6,8,10,13H,5,7,9,11-12H2,1-4H3,(H,20,23)/t13-/m0/s1. The molecule has 27 heavy (non-hydrogen) atoms. The number of hydrogen-bond donors (Lipinski definition) is 1. The predicted molar refractivity (Wildman–Crippen MR) is 102 cm³/mol. The molecular weight excluding hydrogens is 366 g/mol. The van der Waals surface area contributed by atoms with Crippen LogP contribution in [0.4, 0.5) is 0 Å². The Labute approximate surface area is 160 Å². The van der Waals surface area contributed by atoms with Crippen molar-refractivity contribution in [2.24, 2.45) is 13.0 Å². The summed E-state index contributed by atoms with van der Waals surface area (Å²) < 4.78 is 35.0. The monoisotopic (exact) mass is 393 g/mol. The minimum Gasteiger partial charge on any atom is -0.467 e. The van der Waals surface area contributed by atoms with E-state index in [1.54, 1.807) is 48.2 Å². The number of hydrogen-bond acceptors (Lipinski definition) is 4. The van der Waals surface area contributed by atoms with Gasteiger partial charge >= 0.3 is 0 Å². The highest BCUT2D eigenvalue weighted by atomic mass is 32.2. The van der Waals surface area contributed by atoms with Gasteiger partial charge in [0.2, 0.25) is 10.0 Å². The van der Waals surface area contributed by atoms with E-state index in [9.17, 15) is 13.2 Å². The van der Waals surface area contributed by atoms with E-state index in [1.807, 2.05) is 0 Å². The van der Waals surface area contributed by atoms with Gasteiger partial charge in [-0.1, -0.05) is 6.92 Å². The van der Waals surface area contributed by atoms with E-state index >= 15 is 0 Å². The molecule has 1 fully saturated rings. The molecule has 1 saturated heterocycles. The maximum absolute atomic E-state index is 13.3. The van der Waals surface area contributed by atoms with Crippen LogP contribution < -0.4 is 5.32 Å². The van der Waals surface area contributed by atoms with Gasteiger partial charge < -0.3 is 14.3 Å². The van der Waals surface area contributed by atoms with Crippen molar-refractivity contribution in [3.63, 3.8) is 0 Å². The Morgan fingerprint density at radius 1 is 1.37 bits per heavy atom. The second kappa shape index (κ2) is 7.52. The van der Waals surface area contributed by atoms with E-state index in [1.165, 1.54) is 0 Å². The molecule has 0 saturated carbocycles. The van der Waals surface area contributed by atoms with Crippen molar-refractivity contribution >= 4 is 15.9 Å². The maximum atomic E-state index is 13.3. The fraction of sp³-hybridized carbons (Fsp3) is 0.526. The third-order valence-corrected chi connectivity index (χ3v) is 7.43. The van der Waals surface area contributed by atoms with Crippen molar-refractivity contribution in [2.45, 2.75) is 45.1 Å². The van der Waals surface area contributed by atoms with E-state index < -0.39 is 10.0 Å². The maximum Gasteiger partial charge on any atom is 0.268 e. The van der Waals surface area contributed by atoms with Crippen LogP contribution in [0.1, 0.15) is 47.3 Å².